The molecule has 0 saturated carbocycles. The molecule has 0 bridgehead atoms. The number of rotatable bonds is 4. The average molecular weight is 312 g/mol. The molecular formula is C12H14BrN3S. The molecule has 1 heterocycles. The Labute approximate surface area is 113 Å². The number of benzene rings is 1. The monoisotopic (exact) mass is 311 g/mol. The number of nitrogens with zero attached hydrogens (tertiary/aromatic N) is 2. The number of hydrogen-bond acceptors (Lipinski definition) is 4. The van der Waals surface area contributed by atoms with Crippen molar-refractivity contribution in [3.05, 3.63) is 33.7 Å². The SMILES string of the molecule is CCNC(C)c1nnc(-c2ccc(Br)cc2)s1. The van der Waals surface area contributed by atoms with E-state index in [0.717, 1.165) is 26.6 Å². The van der Waals surface area contributed by atoms with Crippen LogP contribution in [0, 0.1) is 0 Å². The molecule has 17 heavy (non-hydrogen) atoms. The lowest BCUT2D eigenvalue weighted by molar-refractivity contribution is 0.590. The first kappa shape index (κ1) is 12.7. The Kier molecular flexibility index (Phi) is 4.25. The van der Waals surface area contributed by atoms with Crippen LogP contribution in [-0.4, -0.2) is 16.7 Å². The Morgan fingerprint density at radius 2 is 2.00 bits per heavy atom. The first-order chi connectivity index (χ1) is 8.20. The van der Waals surface area contributed by atoms with Crippen molar-refractivity contribution in [2.24, 2.45) is 0 Å². The van der Waals surface area contributed by atoms with Crippen molar-refractivity contribution >= 4 is 27.3 Å². The van der Waals surface area contributed by atoms with E-state index in [9.17, 15) is 0 Å². The molecule has 0 fully saturated rings. The van der Waals surface area contributed by atoms with Crippen LogP contribution >= 0.6 is 27.3 Å². The van der Waals surface area contributed by atoms with Crippen molar-refractivity contribution in [3.8, 4) is 10.6 Å². The summed E-state index contributed by atoms with van der Waals surface area (Å²) in [5.74, 6) is 0. The van der Waals surface area contributed by atoms with Gasteiger partial charge in [0.25, 0.3) is 0 Å². The molecule has 3 nitrogen and oxygen atoms in total. The summed E-state index contributed by atoms with van der Waals surface area (Å²) in [5.41, 5.74) is 1.11. The highest BCUT2D eigenvalue weighted by molar-refractivity contribution is 9.10. The molecule has 1 atom stereocenters. The quantitative estimate of drug-likeness (QED) is 0.936. The largest absolute Gasteiger partial charge is 0.308 e. The van der Waals surface area contributed by atoms with Gasteiger partial charge in [-0.25, -0.2) is 0 Å². The predicted molar refractivity (Wildman–Crippen MR) is 75.1 cm³/mol. The van der Waals surface area contributed by atoms with Crippen LogP contribution in [0.4, 0.5) is 0 Å². The maximum Gasteiger partial charge on any atom is 0.147 e. The third kappa shape index (κ3) is 3.12. The number of halogens is 1. The van der Waals surface area contributed by atoms with E-state index in [1.54, 1.807) is 11.3 Å². The Morgan fingerprint density at radius 3 is 2.65 bits per heavy atom. The van der Waals surface area contributed by atoms with Gasteiger partial charge < -0.3 is 5.32 Å². The molecule has 5 heteroatoms. The molecule has 1 N–H and O–H groups in total. The van der Waals surface area contributed by atoms with Gasteiger partial charge in [-0.05, 0) is 25.6 Å². The standard InChI is InChI=1S/C12H14BrN3S/c1-3-14-8(2)11-15-16-12(17-11)9-4-6-10(13)7-5-9/h4-8,14H,3H2,1-2H3. The van der Waals surface area contributed by atoms with Gasteiger partial charge in [-0.15, -0.1) is 10.2 Å². The maximum atomic E-state index is 4.23. The summed E-state index contributed by atoms with van der Waals surface area (Å²) in [6.45, 7) is 5.14. The molecule has 2 aromatic rings. The van der Waals surface area contributed by atoms with Crippen LogP contribution in [-0.2, 0) is 0 Å². The zero-order valence-electron chi connectivity index (χ0n) is 9.77. The summed E-state index contributed by atoms with van der Waals surface area (Å²) >= 11 is 5.06. The van der Waals surface area contributed by atoms with E-state index in [1.165, 1.54) is 0 Å². The van der Waals surface area contributed by atoms with Crippen LogP contribution < -0.4 is 5.32 Å². The van der Waals surface area contributed by atoms with Gasteiger partial charge in [0.2, 0.25) is 0 Å². The summed E-state index contributed by atoms with van der Waals surface area (Å²) in [6.07, 6.45) is 0. The summed E-state index contributed by atoms with van der Waals surface area (Å²) < 4.78 is 1.08. The van der Waals surface area contributed by atoms with E-state index in [4.69, 9.17) is 0 Å². The minimum Gasteiger partial charge on any atom is -0.308 e. The fourth-order valence-corrected chi connectivity index (χ4v) is 2.65. The van der Waals surface area contributed by atoms with Crippen molar-refractivity contribution in [2.75, 3.05) is 6.54 Å². The average Bonchev–Trinajstić information content (AvgIpc) is 2.80. The molecule has 1 aromatic heterocycles. The normalized spacial score (nSPS) is 12.6. The molecule has 0 aliphatic carbocycles. The van der Waals surface area contributed by atoms with Crippen LogP contribution in [0.2, 0.25) is 0 Å². The highest BCUT2D eigenvalue weighted by Gasteiger charge is 2.11. The highest BCUT2D eigenvalue weighted by atomic mass is 79.9. The Balaban J connectivity index is 2.20. The number of aromatic nitrogens is 2. The van der Waals surface area contributed by atoms with Crippen molar-refractivity contribution in [3.63, 3.8) is 0 Å². The van der Waals surface area contributed by atoms with Gasteiger partial charge in [0.15, 0.2) is 0 Å². The van der Waals surface area contributed by atoms with Crippen molar-refractivity contribution in [1.82, 2.24) is 15.5 Å². The zero-order valence-corrected chi connectivity index (χ0v) is 12.2. The second-order valence-corrected chi connectivity index (χ2v) is 5.66. The van der Waals surface area contributed by atoms with Gasteiger partial charge in [-0.3, -0.25) is 0 Å². The lowest BCUT2D eigenvalue weighted by Crippen LogP contribution is -2.17. The van der Waals surface area contributed by atoms with E-state index < -0.39 is 0 Å². The van der Waals surface area contributed by atoms with Gasteiger partial charge in [-0.1, -0.05) is 46.3 Å². The van der Waals surface area contributed by atoms with Gasteiger partial charge in [0, 0.05) is 10.0 Å². The Bertz CT molecular complexity index is 481. The van der Waals surface area contributed by atoms with Crippen molar-refractivity contribution < 1.29 is 0 Å². The van der Waals surface area contributed by atoms with Gasteiger partial charge >= 0.3 is 0 Å². The third-order valence-corrected chi connectivity index (χ3v) is 4.10. The molecule has 0 aliphatic rings. The van der Waals surface area contributed by atoms with E-state index in [1.807, 2.05) is 24.3 Å². The lowest BCUT2D eigenvalue weighted by atomic mass is 10.2. The smallest absolute Gasteiger partial charge is 0.147 e. The summed E-state index contributed by atoms with van der Waals surface area (Å²) in [7, 11) is 0. The topological polar surface area (TPSA) is 37.8 Å². The molecule has 1 aromatic carbocycles. The van der Waals surface area contributed by atoms with Crippen molar-refractivity contribution in [1.29, 1.82) is 0 Å². The minimum atomic E-state index is 0.265. The maximum absolute atomic E-state index is 4.23. The second-order valence-electron chi connectivity index (χ2n) is 3.73. The fraction of sp³-hybridized carbons (Fsp3) is 0.333. The molecular weight excluding hydrogens is 298 g/mol. The molecule has 0 spiro atoms. The predicted octanol–water partition coefficient (Wildman–Crippen LogP) is 3.64. The Hall–Kier alpha value is -0.780. The second kappa shape index (κ2) is 5.71. The molecule has 90 valence electrons. The zero-order chi connectivity index (χ0) is 12.3. The molecule has 0 amide bonds. The molecule has 2 rings (SSSR count). The van der Waals surface area contributed by atoms with Crippen LogP contribution in [0.15, 0.2) is 28.7 Å². The van der Waals surface area contributed by atoms with E-state index in [-0.39, 0.29) is 6.04 Å². The van der Waals surface area contributed by atoms with Gasteiger partial charge in [0.1, 0.15) is 10.0 Å². The third-order valence-electron chi connectivity index (χ3n) is 2.41. The van der Waals surface area contributed by atoms with E-state index in [2.05, 4.69) is 45.3 Å². The minimum absolute atomic E-state index is 0.265. The van der Waals surface area contributed by atoms with Gasteiger partial charge in [0.05, 0.1) is 6.04 Å². The summed E-state index contributed by atoms with van der Waals surface area (Å²) in [5, 5.41) is 13.8. The number of hydrogen-bond donors (Lipinski definition) is 1. The number of nitrogens with one attached hydrogen (secondary N) is 1. The first-order valence-electron chi connectivity index (χ1n) is 5.53. The van der Waals surface area contributed by atoms with E-state index >= 15 is 0 Å². The molecule has 0 saturated heterocycles. The van der Waals surface area contributed by atoms with Gasteiger partial charge in [-0.2, -0.15) is 0 Å². The molecule has 1 unspecified atom stereocenters. The summed E-state index contributed by atoms with van der Waals surface area (Å²) in [6, 6.07) is 8.40. The first-order valence-corrected chi connectivity index (χ1v) is 7.14. The Morgan fingerprint density at radius 1 is 1.29 bits per heavy atom. The van der Waals surface area contributed by atoms with Crippen LogP contribution in [0.5, 0.6) is 0 Å². The fourth-order valence-electron chi connectivity index (χ4n) is 1.51. The molecule has 0 radical (unpaired) electrons. The van der Waals surface area contributed by atoms with Crippen LogP contribution in [0.1, 0.15) is 24.9 Å². The summed E-state index contributed by atoms with van der Waals surface area (Å²) in [4.78, 5) is 0. The van der Waals surface area contributed by atoms with Crippen LogP contribution in [0.25, 0.3) is 10.6 Å². The lowest BCUT2D eigenvalue weighted by Gasteiger charge is -2.06. The molecule has 0 aliphatic heterocycles. The highest BCUT2D eigenvalue weighted by Crippen LogP contribution is 2.27. The van der Waals surface area contributed by atoms with Crippen molar-refractivity contribution in [2.45, 2.75) is 19.9 Å². The van der Waals surface area contributed by atoms with E-state index in [0.29, 0.717) is 0 Å². The van der Waals surface area contributed by atoms with Crippen LogP contribution in [0.3, 0.4) is 0 Å².